The number of amides is 2. The average Bonchev–Trinajstić information content (AvgIpc) is 2.77. The molecule has 0 aliphatic heterocycles. The number of carbonyl (C=O) groups is 4. The van der Waals surface area contributed by atoms with Crippen LogP contribution in [0.2, 0.25) is 0 Å². The number of primary amides is 1. The summed E-state index contributed by atoms with van der Waals surface area (Å²) in [6.07, 6.45) is -2.24. The molecule has 2 amide bonds. The minimum absolute atomic E-state index is 0.00764. The van der Waals surface area contributed by atoms with Crippen molar-refractivity contribution in [1.82, 2.24) is 4.90 Å². The zero-order valence-electron chi connectivity index (χ0n) is 19.8. The molecular weight excluding hydrogens is 474 g/mol. The number of aliphatic hydroxyl groups is 4. The lowest BCUT2D eigenvalue weighted by atomic mass is 9.55. The number of likely N-dealkylation sites (N-methyl/N-ethyl adjacent to an activating group) is 1. The van der Waals surface area contributed by atoms with Gasteiger partial charge in [-0.05, 0) is 31.6 Å². The summed E-state index contributed by atoms with van der Waals surface area (Å²) in [5.74, 6) is -9.89. The van der Waals surface area contributed by atoms with Crippen LogP contribution < -0.4 is 11.1 Å². The van der Waals surface area contributed by atoms with Gasteiger partial charge in [0.2, 0.25) is 11.7 Å². The summed E-state index contributed by atoms with van der Waals surface area (Å²) in [5.41, 5.74) is 0.941. The number of carbonyl (C=O) groups excluding carboxylic acids is 4. The maximum absolute atomic E-state index is 13.6. The second kappa shape index (κ2) is 8.43. The van der Waals surface area contributed by atoms with Crippen molar-refractivity contribution in [1.29, 1.82) is 0 Å². The second-order valence-electron chi connectivity index (χ2n) is 9.70. The molecule has 0 aromatic heterocycles. The number of phenolic OH excluding ortho intramolecular Hbond substituents is 1. The summed E-state index contributed by atoms with van der Waals surface area (Å²) in [5, 5.41) is 57.7. The number of nitrogens with one attached hydrogen (secondary N) is 1. The molecule has 1 aromatic carbocycles. The van der Waals surface area contributed by atoms with Gasteiger partial charge in [-0.15, -0.1) is 0 Å². The fourth-order valence-electron chi connectivity index (χ4n) is 5.58. The standard InChI is InChI=1S/C24H27N3O9/c1-8-9-4-5-11(26-13(29)7-27(2)3)19(31)15(9)20(32)17-14(8)18(30)10-6-12(28)16(23(25)35)21(33)24(10,36)22(17)34/h4-5,8,10,14,18,30-33,36H,6-7H2,1-3H3,(H2,25,35)(H,26,29)/t8-,10+,14+,18-,24+/m0/s1. The number of aromatic hydroxyl groups is 1. The van der Waals surface area contributed by atoms with E-state index in [9.17, 15) is 44.7 Å². The van der Waals surface area contributed by atoms with Gasteiger partial charge in [-0.1, -0.05) is 13.0 Å². The highest BCUT2D eigenvalue weighted by molar-refractivity contribution is 6.23. The van der Waals surface area contributed by atoms with Gasteiger partial charge < -0.3 is 41.5 Å². The predicted molar refractivity (Wildman–Crippen MR) is 125 cm³/mol. The van der Waals surface area contributed by atoms with Crippen LogP contribution in [0.4, 0.5) is 5.69 Å². The van der Waals surface area contributed by atoms with Crippen molar-refractivity contribution in [2.24, 2.45) is 17.6 Å². The van der Waals surface area contributed by atoms with Gasteiger partial charge in [0, 0.05) is 23.8 Å². The predicted octanol–water partition coefficient (Wildman–Crippen LogP) is -0.544. The van der Waals surface area contributed by atoms with Crippen molar-refractivity contribution in [3.05, 3.63) is 40.2 Å². The van der Waals surface area contributed by atoms with Crippen LogP contribution in [0.25, 0.3) is 5.76 Å². The number of nitrogens with zero attached hydrogens (tertiary/aromatic N) is 1. The van der Waals surface area contributed by atoms with Crippen molar-refractivity contribution >= 4 is 34.8 Å². The fraction of sp³-hybridized carbons (Fsp3) is 0.417. The third-order valence-electron chi connectivity index (χ3n) is 7.23. The van der Waals surface area contributed by atoms with Gasteiger partial charge in [-0.2, -0.15) is 0 Å². The summed E-state index contributed by atoms with van der Waals surface area (Å²) < 4.78 is 0. The number of hydrogen-bond donors (Lipinski definition) is 7. The Kier molecular flexibility index (Phi) is 5.94. The minimum atomic E-state index is -2.90. The molecule has 36 heavy (non-hydrogen) atoms. The molecule has 3 aliphatic carbocycles. The molecule has 12 heteroatoms. The van der Waals surface area contributed by atoms with Crippen molar-refractivity contribution in [2.45, 2.75) is 31.0 Å². The Balaban J connectivity index is 1.90. The molecule has 0 heterocycles. The molecule has 8 N–H and O–H groups in total. The van der Waals surface area contributed by atoms with Crippen LogP contribution >= 0.6 is 0 Å². The fourth-order valence-corrected chi connectivity index (χ4v) is 5.58. The molecule has 1 fully saturated rings. The topological polar surface area (TPSA) is 211 Å². The van der Waals surface area contributed by atoms with Crippen LogP contribution in [0.1, 0.15) is 30.4 Å². The first-order valence-electron chi connectivity index (χ1n) is 11.2. The summed E-state index contributed by atoms with van der Waals surface area (Å²) in [6, 6.07) is 2.94. The van der Waals surface area contributed by atoms with E-state index in [0.717, 1.165) is 0 Å². The number of nitrogens with two attached hydrogens (primary N) is 1. The summed E-state index contributed by atoms with van der Waals surface area (Å²) in [6.45, 7) is 1.63. The van der Waals surface area contributed by atoms with E-state index in [-0.39, 0.29) is 17.8 Å². The van der Waals surface area contributed by atoms with E-state index in [1.54, 1.807) is 25.9 Å². The van der Waals surface area contributed by atoms with Crippen molar-refractivity contribution in [2.75, 3.05) is 26.0 Å². The molecule has 4 rings (SSSR count). The van der Waals surface area contributed by atoms with E-state index in [4.69, 9.17) is 5.73 Å². The van der Waals surface area contributed by atoms with Gasteiger partial charge in [0.25, 0.3) is 5.91 Å². The number of hydrogen-bond acceptors (Lipinski definition) is 10. The molecule has 0 saturated heterocycles. The van der Waals surface area contributed by atoms with E-state index in [0.29, 0.717) is 5.56 Å². The van der Waals surface area contributed by atoms with Crippen LogP contribution in [0.5, 0.6) is 5.75 Å². The lowest BCUT2D eigenvalue weighted by Gasteiger charge is -2.50. The van der Waals surface area contributed by atoms with E-state index >= 15 is 0 Å². The largest absolute Gasteiger partial charge is 0.508 e. The number of anilines is 1. The molecule has 0 unspecified atom stereocenters. The van der Waals surface area contributed by atoms with Gasteiger partial charge >= 0.3 is 0 Å². The van der Waals surface area contributed by atoms with E-state index in [1.807, 2.05) is 0 Å². The van der Waals surface area contributed by atoms with Crippen LogP contribution in [0, 0.1) is 11.8 Å². The van der Waals surface area contributed by atoms with E-state index in [2.05, 4.69) is 5.32 Å². The van der Waals surface area contributed by atoms with Gasteiger partial charge in [-0.3, -0.25) is 19.2 Å². The highest BCUT2D eigenvalue weighted by atomic mass is 16.4. The third kappa shape index (κ3) is 3.40. The first-order valence-corrected chi connectivity index (χ1v) is 11.2. The number of ketones is 2. The molecular formula is C24H27N3O9. The number of fused-ring (bicyclic) bond motifs is 3. The van der Waals surface area contributed by atoms with Gasteiger partial charge in [-0.25, -0.2) is 0 Å². The number of Topliss-reactive ketones (excluding diaryl/α,β-unsaturated/α-hetero) is 2. The Labute approximate surface area is 205 Å². The van der Waals surface area contributed by atoms with Crippen molar-refractivity contribution in [3.8, 4) is 5.75 Å². The quantitative estimate of drug-likeness (QED) is 0.207. The Morgan fingerprint density at radius 1 is 1.19 bits per heavy atom. The zero-order chi connectivity index (χ0) is 26.9. The summed E-state index contributed by atoms with van der Waals surface area (Å²) >= 11 is 0. The second-order valence-corrected chi connectivity index (χ2v) is 9.70. The van der Waals surface area contributed by atoms with Crippen LogP contribution in [0.15, 0.2) is 29.0 Å². The monoisotopic (exact) mass is 501 g/mol. The molecule has 0 spiro atoms. The number of rotatable bonds is 4. The van der Waals surface area contributed by atoms with E-state index in [1.165, 1.54) is 12.1 Å². The maximum atomic E-state index is 13.6. The van der Waals surface area contributed by atoms with Crippen molar-refractivity contribution < 1.29 is 44.7 Å². The number of benzene rings is 1. The van der Waals surface area contributed by atoms with Crippen LogP contribution in [-0.4, -0.2) is 86.2 Å². The number of phenols is 1. The average molecular weight is 501 g/mol. The normalized spacial score (nSPS) is 29.6. The molecule has 1 saturated carbocycles. The summed E-state index contributed by atoms with van der Waals surface area (Å²) in [7, 11) is 3.35. The lowest BCUT2D eigenvalue weighted by Crippen LogP contribution is -2.63. The van der Waals surface area contributed by atoms with Gasteiger partial charge in [0.1, 0.15) is 22.8 Å². The van der Waals surface area contributed by atoms with E-state index < -0.39 is 87.7 Å². The minimum Gasteiger partial charge on any atom is -0.508 e. The molecule has 3 aliphatic rings. The molecule has 1 aromatic rings. The molecule has 0 radical (unpaired) electrons. The summed E-state index contributed by atoms with van der Waals surface area (Å²) in [4.78, 5) is 51.6. The Bertz CT molecular complexity index is 1280. The first kappa shape index (κ1) is 25.4. The molecule has 0 bridgehead atoms. The maximum Gasteiger partial charge on any atom is 0.255 e. The lowest BCUT2D eigenvalue weighted by molar-refractivity contribution is -0.160. The Morgan fingerprint density at radius 2 is 1.83 bits per heavy atom. The SMILES string of the molecule is C[C@H]1c2ccc(NC(=O)CN(C)C)c(O)c2C(O)=C2C(=O)[C@]3(O)C(O)=C(C(N)=O)C(=O)C[C@@H]3[C@H](O)[C@@H]21. The van der Waals surface area contributed by atoms with Crippen LogP contribution in [-0.2, 0) is 19.2 Å². The highest BCUT2D eigenvalue weighted by Gasteiger charge is 2.64. The van der Waals surface area contributed by atoms with Crippen molar-refractivity contribution in [3.63, 3.8) is 0 Å². The Morgan fingerprint density at radius 3 is 2.42 bits per heavy atom. The van der Waals surface area contributed by atoms with Gasteiger partial charge in [0.15, 0.2) is 11.4 Å². The number of aliphatic hydroxyl groups excluding tert-OH is 3. The Hall–Kier alpha value is -3.74. The third-order valence-corrected chi connectivity index (χ3v) is 7.23. The molecule has 12 nitrogen and oxygen atoms in total. The zero-order valence-corrected chi connectivity index (χ0v) is 19.8. The highest BCUT2D eigenvalue weighted by Crippen LogP contribution is 2.56. The van der Waals surface area contributed by atoms with Gasteiger partial charge in [0.05, 0.1) is 23.9 Å². The molecule has 5 atom stereocenters. The van der Waals surface area contributed by atoms with Crippen LogP contribution in [0.3, 0.4) is 0 Å². The molecule has 192 valence electrons. The first-order chi connectivity index (χ1) is 16.7. The smallest absolute Gasteiger partial charge is 0.255 e.